The molecule has 2 aromatic rings. The molecule has 4 aliphatic rings. The quantitative estimate of drug-likeness (QED) is 0.681. The van der Waals surface area contributed by atoms with Crippen LogP contribution in [0.15, 0.2) is 60.2 Å². The van der Waals surface area contributed by atoms with E-state index < -0.39 is 0 Å². The van der Waals surface area contributed by atoms with Gasteiger partial charge in [-0.3, -0.25) is 0 Å². The van der Waals surface area contributed by atoms with Crippen molar-refractivity contribution in [1.82, 2.24) is 4.90 Å². The zero-order valence-electron chi connectivity index (χ0n) is 15.9. The van der Waals surface area contributed by atoms with Gasteiger partial charge in [-0.25, -0.2) is 0 Å². The van der Waals surface area contributed by atoms with Crippen molar-refractivity contribution in [3.05, 3.63) is 76.9 Å². The zero-order valence-corrected chi connectivity index (χ0v) is 15.9. The highest BCUT2D eigenvalue weighted by atomic mass is 16.5. The van der Waals surface area contributed by atoms with E-state index in [2.05, 4.69) is 59.5 Å². The molecule has 0 unspecified atom stereocenters. The fourth-order valence-electron chi connectivity index (χ4n) is 6.47. The molecule has 6 rings (SSSR count). The van der Waals surface area contributed by atoms with Gasteiger partial charge in [0.15, 0.2) is 0 Å². The first-order valence-electron chi connectivity index (χ1n) is 10.7. The Morgan fingerprint density at radius 3 is 2.70 bits per heavy atom. The topological polar surface area (TPSA) is 12.5 Å². The Bertz CT molecular complexity index is 902. The number of fused-ring (bicyclic) bond motifs is 3. The van der Waals surface area contributed by atoms with E-state index in [1.54, 1.807) is 5.57 Å². The van der Waals surface area contributed by atoms with E-state index in [1.165, 1.54) is 60.9 Å². The number of benzene rings is 2. The number of allylic oxidation sites excluding steroid dienone is 1. The maximum Gasteiger partial charge on any atom is 0.145 e. The molecular weight excluding hydrogens is 330 g/mol. The van der Waals surface area contributed by atoms with Crippen LogP contribution in [0.2, 0.25) is 0 Å². The minimum absolute atomic E-state index is 0.0813. The number of nitrogens with zero attached hydrogens (tertiary/aromatic N) is 1. The van der Waals surface area contributed by atoms with E-state index in [1.807, 2.05) is 0 Å². The van der Waals surface area contributed by atoms with Crippen LogP contribution in [0.4, 0.5) is 0 Å². The van der Waals surface area contributed by atoms with Crippen molar-refractivity contribution in [2.45, 2.75) is 50.2 Å². The lowest BCUT2D eigenvalue weighted by atomic mass is 9.63. The Hall–Kier alpha value is -2.06. The molecule has 27 heavy (non-hydrogen) atoms. The largest absolute Gasteiger partial charge is 0.353 e. The van der Waals surface area contributed by atoms with Crippen molar-refractivity contribution in [3.8, 4) is 0 Å². The molecule has 2 aliphatic carbocycles. The van der Waals surface area contributed by atoms with Crippen molar-refractivity contribution in [1.29, 1.82) is 0 Å². The summed E-state index contributed by atoms with van der Waals surface area (Å²) >= 11 is 0. The average Bonchev–Trinajstić information content (AvgIpc) is 3.15. The smallest absolute Gasteiger partial charge is 0.145 e. The molecule has 0 bridgehead atoms. The molecule has 1 saturated heterocycles. The molecule has 0 N–H and O–H groups in total. The molecule has 2 fully saturated rings. The molecule has 0 amide bonds. The van der Waals surface area contributed by atoms with Gasteiger partial charge in [-0.15, -0.1) is 0 Å². The van der Waals surface area contributed by atoms with E-state index in [-0.39, 0.29) is 5.72 Å². The Morgan fingerprint density at radius 2 is 1.78 bits per heavy atom. The highest BCUT2D eigenvalue weighted by Gasteiger charge is 2.57. The molecule has 138 valence electrons. The van der Waals surface area contributed by atoms with Crippen molar-refractivity contribution in [3.63, 3.8) is 0 Å². The predicted molar refractivity (Wildman–Crippen MR) is 108 cm³/mol. The van der Waals surface area contributed by atoms with Crippen LogP contribution in [0.3, 0.4) is 0 Å². The maximum atomic E-state index is 6.66. The predicted octanol–water partition coefficient (Wildman–Crippen LogP) is 5.36. The van der Waals surface area contributed by atoms with E-state index >= 15 is 0 Å². The summed E-state index contributed by atoms with van der Waals surface area (Å²) in [6.07, 6.45) is 7.46. The Morgan fingerprint density at radius 1 is 0.926 bits per heavy atom. The molecule has 1 saturated carbocycles. The number of rotatable bonds is 1. The summed E-state index contributed by atoms with van der Waals surface area (Å²) in [6, 6.07) is 20.4. The monoisotopic (exact) mass is 357 g/mol. The standard InChI is InChI=1S/C25H27NO/c1-2-9-19(10-3-1)23-21-14-13-18-8-4-5-11-20(18)24(21)26-16-17-27-25(26)15-7-6-12-22(23)25/h1-5,8-11,22-23H,6-7,12-17H2/t22-,23-,25+/m1/s1. The summed E-state index contributed by atoms with van der Waals surface area (Å²) in [7, 11) is 0. The molecule has 1 spiro atoms. The lowest BCUT2D eigenvalue weighted by Crippen LogP contribution is -2.57. The maximum absolute atomic E-state index is 6.66. The fourth-order valence-corrected chi connectivity index (χ4v) is 6.47. The summed E-state index contributed by atoms with van der Waals surface area (Å²) in [5.41, 5.74) is 7.58. The van der Waals surface area contributed by atoms with Crippen LogP contribution in [-0.2, 0) is 11.2 Å². The van der Waals surface area contributed by atoms with Crippen LogP contribution < -0.4 is 0 Å². The Kier molecular flexibility index (Phi) is 3.53. The molecule has 2 heterocycles. The van der Waals surface area contributed by atoms with Crippen molar-refractivity contribution >= 4 is 5.70 Å². The molecule has 3 atom stereocenters. The third-order valence-electron chi connectivity index (χ3n) is 7.45. The molecular formula is C25H27NO. The first-order chi connectivity index (χ1) is 13.4. The van der Waals surface area contributed by atoms with Gasteiger partial charge in [0.25, 0.3) is 0 Å². The first kappa shape index (κ1) is 15.9. The molecule has 2 aromatic carbocycles. The number of hydrogen-bond donors (Lipinski definition) is 0. The van der Waals surface area contributed by atoms with Gasteiger partial charge in [-0.1, -0.05) is 61.0 Å². The third-order valence-corrected chi connectivity index (χ3v) is 7.45. The van der Waals surface area contributed by atoms with E-state index in [0.717, 1.165) is 13.2 Å². The Balaban J connectivity index is 1.62. The van der Waals surface area contributed by atoms with Crippen LogP contribution in [0.25, 0.3) is 5.70 Å². The van der Waals surface area contributed by atoms with Gasteiger partial charge in [-0.2, -0.15) is 0 Å². The number of aryl methyl sites for hydroxylation is 1. The zero-order chi connectivity index (χ0) is 17.8. The summed E-state index contributed by atoms with van der Waals surface area (Å²) in [5, 5.41) is 0. The van der Waals surface area contributed by atoms with Gasteiger partial charge in [-0.05, 0) is 48.8 Å². The highest BCUT2D eigenvalue weighted by molar-refractivity contribution is 5.75. The van der Waals surface area contributed by atoms with Gasteiger partial charge in [0.1, 0.15) is 5.72 Å². The molecule has 0 aromatic heterocycles. The van der Waals surface area contributed by atoms with Crippen molar-refractivity contribution in [2.75, 3.05) is 13.2 Å². The first-order valence-corrected chi connectivity index (χ1v) is 10.7. The van der Waals surface area contributed by atoms with Gasteiger partial charge >= 0.3 is 0 Å². The van der Waals surface area contributed by atoms with Gasteiger partial charge in [0, 0.05) is 29.6 Å². The van der Waals surface area contributed by atoms with Crippen molar-refractivity contribution < 1.29 is 4.74 Å². The lowest BCUT2D eigenvalue weighted by Gasteiger charge is -2.56. The van der Waals surface area contributed by atoms with Crippen LogP contribution in [0.5, 0.6) is 0 Å². The molecule has 2 nitrogen and oxygen atoms in total. The van der Waals surface area contributed by atoms with E-state index in [9.17, 15) is 0 Å². The summed E-state index contributed by atoms with van der Waals surface area (Å²) < 4.78 is 6.66. The number of ether oxygens (including phenoxy) is 1. The van der Waals surface area contributed by atoms with Crippen LogP contribution in [0.1, 0.15) is 54.7 Å². The second-order valence-electron chi connectivity index (χ2n) is 8.62. The second-order valence-corrected chi connectivity index (χ2v) is 8.62. The van der Waals surface area contributed by atoms with Crippen LogP contribution >= 0.6 is 0 Å². The summed E-state index contributed by atoms with van der Waals surface area (Å²) in [4.78, 5) is 2.70. The minimum atomic E-state index is -0.0813. The van der Waals surface area contributed by atoms with Crippen molar-refractivity contribution in [2.24, 2.45) is 5.92 Å². The summed E-state index contributed by atoms with van der Waals surface area (Å²) in [5.74, 6) is 1.09. The highest BCUT2D eigenvalue weighted by Crippen LogP contribution is 2.59. The third kappa shape index (κ3) is 2.17. The molecule has 0 radical (unpaired) electrons. The van der Waals surface area contributed by atoms with E-state index in [4.69, 9.17) is 4.74 Å². The van der Waals surface area contributed by atoms with E-state index in [0.29, 0.717) is 11.8 Å². The lowest BCUT2D eigenvalue weighted by molar-refractivity contribution is -0.138. The molecule has 2 aliphatic heterocycles. The van der Waals surface area contributed by atoms with Gasteiger partial charge < -0.3 is 9.64 Å². The number of hydrogen-bond acceptors (Lipinski definition) is 2. The fraction of sp³-hybridized carbons (Fsp3) is 0.440. The summed E-state index contributed by atoms with van der Waals surface area (Å²) in [6.45, 7) is 1.92. The SMILES string of the molecule is c1ccc([C@@H]2C3=C(c4ccccc4CC3)N3CCO[C@]34CCCC[C@H]24)cc1. The average molecular weight is 357 g/mol. The minimum Gasteiger partial charge on any atom is -0.353 e. The second kappa shape index (κ2) is 5.97. The van der Waals surface area contributed by atoms with Crippen LogP contribution in [0, 0.1) is 5.92 Å². The van der Waals surface area contributed by atoms with Crippen LogP contribution in [-0.4, -0.2) is 23.8 Å². The van der Waals surface area contributed by atoms with Gasteiger partial charge in [0.2, 0.25) is 0 Å². The molecule has 2 heteroatoms. The van der Waals surface area contributed by atoms with Gasteiger partial charge in [0.05, 0.1) is 6.61 Å². The normalized spacial score (nSPS) is 31.8. The Labute approximate surface area is 161 Å².